The Morgan fingerprint density at radius 2 is 1.66 bits per heavy atom. The molecule has 0 aromatic heterocycles. The second-order valence-electron chi connectivity index (χ2n) is 7.59. The molecule has 0 unspecified atom stereocenters. The van der Waals surface area contributed by atoms with Gasteiger partial charge in [0.2, 0.25) is 0 Å². The Labute approximate surface area is 188 Å². The SMILES string of the molecule is COc1ccc([C@@H](CNC(=O)c2cccc(Oc3ccccc3)c2)N2CCOCC2)cc1. The average Bonchev–Trinajstić information content (AvgIpc) is 2.86. The lowest BCUT2D eigenvalue weighted by Gasteiger charge is -2.35. The molecule has 1 saturated heterocycles. The average molecular weight is 433 g/mol. The van der Waals surface area contributed by atoms with Crippen LogP contribution in [-0.4, -0.2) is 50.8 Å². The van der Waals surface area contributed by atoms with Crippen LogP contribution < -0.4 is 14.8 Å². The Balaban J connectivity index is 1.45. The van der Waals surface area contributed by atoms with Crippen molar-refractivity contribution in [3.63, 3.8) is 0 Å². The summed E-state index contributed by atoms with van der Waals surface area (Å²) in [5, 5.41) is 3.11. The maximum absolute atomic E-state index is 12.9. The Morgan fingerprint density at radius 3 is 2.38 bits per heavy atom. The van der Waals surface area contributed by atoms with Crippen LogP contribution in [0.1, 0.15) is 22.0 Å². The molecule has 1 amide bonds. The first-order valence-electron chi connectivity index (χ1n) is 10.8. The van der Waals surface area contributed by atoms with Crippen molar-refractivity contribution in [3.8, 4) is 17.2 Å². The lowest BCUT2D eigenvalue weighted by molar-refractivity contribution is 0.0162. The second-order valence-corrected chi connectivity index (χ2v) is 7.59. The van der Waals surface area contributed by atoms with Crippen molar-refractivity contribution in [1.29, 1.82) is 0 Å². The van der Waals surface area contributed by atoms with Crippen molar-refractivity contribution < 1.29 is 19.0 Å². The fraction of sp³-hybridized carbons (Fsp3) is 0.269. The molecule has 6 nitrogen and oxygen atoms in total. The van der Waals surface area contributed by atoms with E-state index in [2.05, 4.69) is 22.3 Å². The number of methoxy groups -OCH3 is 1. The third kappa shape index (κ3) is 5.66. The molecule has 1 aliphatic rings. The monoisotopic (exact) mass is 432 g/mol. The van der Waals surface area contributed by atoms with Crippen molar-refractivity contribution in [2.75, 3.05) is 40.0 Å². The van der Waals surface area contributed by atoms with Crippen molar-refractivity contribution in [3.05, 3.63) is 90.0 Å². The van der Waals surface area contributed by atoms with Gasteiger partial charge in [-0.1, -0.05) is 36.4 Å². The van der Waals surface area contributed by atoms with Crippen LogP contribution in [0.2, 0.25) is 0 Å². The third-order valence-electron chi connectivity index (χ3n) is 5.52. The van der Waals surface area contributed by atoms with E-state index >= 15 is 0 Å². The quantitative estimate of drug-likeness (QED) is 0.575. The normalized spacial score (nSPS) is 15.0. The van der Waals surface area contributed by atoms with Crippen LogP contribution in [0.3, 0.4) is 0 Å². The molecule has 4 rings (SSSR count). The van der Waals surface area contributed by atoms with Crippen LogP contribution in [0.5, 0.6) is 17.2 Å². The summed E-state index contributed by atoms with van der Waals surface area (Å²) in [4.78, 5) is 15.3. The summed E-state index contributed by atoms with van der Waals surface area (Å²) in [6.07, 6.45) is 0. The maximum atomic E-state index is 12.9. The summed E-state index contributed by atoms with van der Waals surface area (Å²) in [6.45, 7) is 3.54. The molecule has 1 aliphatic heterocycles. The van der Waals surface area contributed by atoms with Crippen LogP contribution in [-0.2, 0) is 4.74 Å². The molecule has 0 spiro atoms. The molecule has 0 radical (unpaired) electrons. The van der Waals surface area contributed by atoms with Gasteiger partial charge in [-0.3, -0.25) is 9.69 Å². The number of hydrogen-bond donors (Lipinski definition) is 1. The highest BCUT2D eigenvalue weighted by Gasteiger charge is 2.23. The number of nitrogens with zero attached hydrogens (tertiary/aromatic N) is 1. The molecule has 3 aromatic carbocycles. The van der Waals surface area contributed by atoms with Gasteiger partial charge < -0.3 is 19.5 Å². The van der Waals surface area contributed by atoms with Crippen molar-refractivity contribution in [2.45, 2.75) is 6.04 Å². The minimum atomic E-state index is -0.129. The first-order chi connectivity index (χ1) is 15.7. The van der Waals surface area contributed by atoms with Gasteiger partial charge in [-0.05, 0) is 48.0 Å². The number of nitrogens with one attached hydrogen (secondary N) is 1. The van der Waals surface area contributed by atoms with Crippen molar-refractivity contribution >= 4 is 5.91 Å². The molecule has 166 valence electrons. The number of ether oxygens (including phenoxy) is 3. The van der Waals surface area contributed by atoms with Gasteiger partial charge in [-0.25, -0.2) is 0 Å². The van der Waals surface area contributed by atoms with Gasteiger partial charge in [0.15, 0.2) is 0 Å². The van der Waals surface area contributed by atoms with Crippen LogP contribution in [0, 0.1) is 0 Å². The zero-order valence-corrected chi connectivity index (χ0v) is 18.2. The van der Waals surface area contributed by atoms with Crippen molar-refractivity contribution in [1.82, 2.24) is 10.2 Å². The molecule has 32 heavy (non-hydrogen) atoms. The van der Waals surface area contributed by atoms with E-state index in [9.17, 15) is 4.79 Å². The Hall–Kier alpha value is -3.35. The summed E-state index contributed by atoms with van der Waals surface area (Å²) in [6, 6.07) is 24.8. The van der Waals surface area contributed by atoms with Crippen LogP contribution in [0.15, 0.2) is 78.9 Å². The number of para-hydroxylation sites is 1. The number of carbonyl (C=O) groups excluding carboxylic acids is 1. The van der Waals surface area contributed by atoms with E-state index < -0.39 is 0 Å². The van der Waals surface area contributed by atoms with E-state index in [1.54, 1.807) is 19.2 Å². The molecule has 6 heteroatoms. The fourth-order valence-corrected chi connectivity index (χ4v) is 3.79. The molecule has 1 atom stereocenters. The van der Waals surface area contributed by atoms with E-state index in [1.165, 1.54) is 0 Å². The van der Waals surface area contributed by atoms with Crippen LogP contribution >= 0.6 is 0 Å². The summed E-state index contributed by atoms with van der Waals surface area (Å²) < 4.78 is 16.7. The number of morpholine rings is 1. The van der Waals surface area contributed by atoms with Crippen LogP contribution in [0.4, 0.5) is 0 Å². The molecule has 0 bridgehead atoms. The molecule has 1 heterocycles. The summed E-state index contributed by atoms with van der Waals surface area (Å²) in [7, 11) is 1.66. The lowest BCUT2D eigenvalue weighted by atomic mass is 10.0. The van der Waals surface area contributed by atoms with Crippen molar-refractivity contribution in [2.24, 2.45) is 0 Å². The zero-order valence-electron chi connectivity index (χ0n) is 18.2. The van der Waals surface area contributed by atoms with E-state index in [1.807, 2.05) is 54.6 Å². The lowest BCUT2D eigenvalue weighted by Crippen LogP contribution is -2.43. The zero-order chi connectivity index (χ0) is 22.2. The Kier molecular flexibility index (Phi) is 7.38. The smallest absolute Gasteiger partial charge is 0.251 e. The Bertz CT molecular complexity index is 1000. The fourth-order valence-electron chi connectivity index (χ4n) is 3.79. The topological polar surface area (TPSA) is 60.0 Å². The summed E-state index contributed by atoms with van der Waals surface area (Å²) >= 11 is 0. The van der Waals surface area contributed by atoms with E-state index in [0.717, 1.165) is 30.2 Å². The number of amides is 1. The number of rotatable bonds is 8. The van der Waals surface area contributed by atoms with Gasteiger partial charge in [-0.15, -0.1) is 0 Å². The molecule has 0 saturated carbocycles. The number of benzene rings is 3. The van der Waals surface area contributed by atoms with Gasteiger partial charge in [-0.2, -0.15) is 0 Å². The molecular weight excluding hydrogens is 404 g/mol. The maximum Gasteiger partial charge on any atom is 0.251 e. The standard InChI is InChI=1S/C26H28N2O4/c1-30-22-12-10-20(11-13-22)25(28-14-16-31-17-15-28)19-27-26(29)21-6-5-9-24(18-21)32-23-7-3-2-4-8-23/h2-13,18,25H,14-17,19H2,1H3,(H,27,29)/t25-/m1/s1. The molecule has 0 aliphatic carbocycles. The molecule has 1 N–H and O–H groups in total. The van der Waals surface area contributed by atoms with Crippen LogP contribution in [0.25, 0.3) is 0 Å². The highest BCUT2D eigenvalue weighted by atomic mass is 16.5. The molecule has 3 aromatic rings. The summed E-state index contributed by atoms with van der Waals surface area (Å²) in [5.41, 5.74) is 1.70. The van der Waals surface area contributed by atoms with E-state index in [4.69, 9.17) is 14.2 Å². The first kappa shape index (κ1) is 21.9. The molecular formula is C26H28N2O4. The minimum Gasteiger partial charge on any atom is -0.497 e. The van der Waals surface area contributed by atoms with E-state index in [0.29, 0.717) is 31.1 Å². The first-order valence-corrected chi connectivity index (χ1v) is 10.8. The predicted molar refractivity (Wildman–Crippen MR) is 123 cm³/mol. The van der Waals surface area contributed by atoms with Gasteiger partial charge >= 0.3 is 0 Å². The van der Waals surface area contributed by atoms with Gasteiger partial charge in [0.25, 0.3) is 5.91 Å². The minimum absolute atomic E-state index is 0.0532. The largest absolute Gasteiger partial charge is 0.497 e. The predicted octanol–water partition coefficient (Wildman–Crippen LogP) is 4.29. The number of hydrogen-bond acceptors (Lipinski definition) is 5. The van der Waals surface area contributed by atoms with Gasteiger partial charge in [0.05, 0.1) is 26.4 Å². The number of carbonyl (C=O) groups is 1. The van der Waals surface area contributed by atoms with E-state index in [-0.39, 0.29) is 11.9 Å². The van der Waals surface area contributed by atoms with Gasteiger partial charge in [0, 0.05) is 25.2 Å². The highest BCUT2D eigenvalue weighted by Crippen LogP contribution is 2.25. The molecule has 1 fully saturated rings. The highest BCUT2D eigenvalue weighted by molar-refractivity contribution is 5.94. The van der Waals surface area contributed by atoms with Gasteiger partial charge in [0.1, 0.15) is 17.2 Å². The summed E-state index contributed by atoms with van der Waals surface area (Å²) in [5.74, 6) is 2.05. The second kappa shape index (κ2) is 10.8. The third-order valence-corrected chi connectivity index (χ3v) is 5.52. The Morgan fingerprint density at radius 1 is 0.938 bits per heavy atom.